The van der Waals surface area contributed by atoms with Crippen LogP contribution in [0, 0.1) is 12.3 Å². The Kier molecular flexibility index (Phi) is 3.08. The molecule has 1 saturated carbocycles. The fourth-order valence-corrected chi connectivity index (χ4v) is 4.38. The van der Waals surface area contributed by atoms with E-state index in [9.17, 15) is 0 Å². The van der Waals surface area contributed by atoms with Crippen molar-refractivity contribution in [2.24, 2.45) is 11.1 Å². The van der Waals surface area contributed by atoms with Gasteiger partial charge in [-0.3, -0.25) is 4.40 Å². The normalized spacial score (nSPS) is 21.5. The Bertz CT molecular complexity index is 930. The molecule has 2 fully saturated rings. The van der Waals surface area contributed by atoms with Crippen molar-refractivity contribution in [3.8, 4) is 11.5 Å². The van der Waals surface area contributed by atoms with E-state index < -0.39 is 5.54 Å². The summed E-state index contributed by atoms with van der Waals surface area (Å²) in [6.45, 7) is 3.69. The van der Waals surface area contributed by atoms with Gasteiger partial charge in [0.2, 0.25) is 11.7 Å². The second-order valence-corrected chi connectivity index (χ2v) is 7.62. The van der Waals surface area contributed by atoms with E-state index in [1.807, 2.05) is 29.7 Å². The maximum atomic E-state index is 6.57. The highest BCUT2D eigenvalue weighted by molar-refractivity contribution is 5.57. The van der Waals surface area contributed by atoms with Crippen LogP contribution in [0.4, 0.5) is 0 Å². The van der Waals surface area contributed by atoms with Gasteiger partial charge in [-0.05, 0) is 49.7 Å². The summed E-state index contributed by atoms with van der Waals surface area (Å²) in [6, 6.07) is 4.01. The molecule has 25 heavy (non-hydrogen) atoms. The third kappa shape index (κ3) is 2.30. The van der Waals surface area contributed by atoms with Crippen LogP contribution in [0.15, 0.2) is 29.0 Å². The molecule has 0 unspecified atom stereocenters. The Hall–Kier alpha value is -2.25. The maximum absolute atomic E-state index is 6.57. The van der Waals surface area contributed by atoms with E-state index in [0.29, 0.717) is 17.1 Å². The first-order valence-electron chi connectivity index (χ1n) is 8.72. The number of rotatable bonds is 2. The van der Waals surface area contributed by atoms with Gasteiger partial charge in [0.1, 0.15) is 11.3 Å². The number of ether oxygens (including phenoxy) is 1. The monoisotopic (exact) mass is 339 g/mol. The zero-order valence-electron chi connectivity index (χ0n) is 14.2. The van der Waals surface area contributed by atoms with Gasteiger partial charge in [-0.25, -0.2) is 4.98 Å². The molecule has 1 saturated heterocycles. The molecule has 130 valence electrons. The molecule has 7 heteroatoms. The number of aromatic nitrogens is 4. The number of nitrogens with two attached hydrogens (primary N) is 1. The van der Waals surface area contributed by atoms with Gasteiger partial charge >= 0.3 is 0 Å². The summed E-state index contributed by atoms with van der Waals surface area (Å²) < 4.78 is 13.0. The lowest BCUT2D eigenvalue weighted by Gasteiger charge is -2.54. The summed E-state index contributed by atoms with van der Waals surface area (Å²) in [4.78, 5) is 9.02. The third-order valence-corrected chi connectivity index (χ3v) is 5.67. The number of hydrogen-bond acceptors (Lipinski definition) is 6. The third-order valence-electron chi connectivity index (χ3n) is 5.67. The fraction of sp³-hybridized carbons (Fsp3) is 0.500. The summed E-state index contributed by atoms with van der Waals surface area (Å²) >= 11 is 0. The SMILES string of the molecule is Cc1ccc2ncc(-c3noc(C4(N)CC5(CCOCC5)C4)n3)n2c1. The molecule has 0 aromatic carbocycles. The minimum Gasteiger partial charge on any atom is -0.381 e. The van der Waals surface area contributed by atoms with Crippen molar-refractivity contribution in [2.45, 2.75) is 38.1 Å². The lowest BCUT2D eigenvalue weighted by atomic mass is 9.54. The molecule has 1 aliphatic heterocycles. The Labute approximate surface area is 145 Å². The number of aryl methyl sites for hydroxylation is 1. The average Bonchev–Trinajstić information content (AvgIpc) is 3.20. The highest BCUT2D eigenvalue weighted by Crippen LogP contribution is 2.57. The van der Waals surface area contributed by atoms with Crippen LogP contribution in [0.5, 0.6) is 0 Å². The van der Waals surface area contributed by atoms with Crippen molar-refractivity contribution in [3.63, 3.8) is 0 Å². The van der Waals surface area contributed by atoms with Crippen LogP contribution in [-0.4, -0.2) is 32.7 Å². The standard InChI is InChI=1S/C18H21N5O2/c1-12-2-3-14-20-8-13(23(14)9-12)15-21-16(25-22-15)18(19)10-17(11-18)4-6-24-7-5-17/h2-3,8-9H,4-7,10-11,19H2,1H3. The Morgan fingerprint density at radius 1 is 1.20 bits per heavy atom. The van der Waals surface area contributed by atoms with Gasteiger partial charge in [0.05, 0.1) is 11.7 Å². The maximum Gasteiger partial charge on any atom is 0.247 e. The largest absolute Gasteiger partial charge is 0.381 e. The van der Waals surface area contributed by atoms with Crippen molar-refractivity contribution in [2.75, 3.05) is 13.2 Å². The lowest BCUT2D eigenvalue weighted by Crippen LogP contribution is -2.57. The molecule has 0 bridgehead atoms. The van der Waals surface area contributed by atoms with Gasteiger partial charge in [0.25, 0.3) is 0 Å². The van der Waals surface area contributed by atoms with Crippen LogP contribution >= 0.6 is 0 Å². The van der Waals surface area contributed by atoms with Crippen LogP contribution < -0.4 is 5.73 Å². The Balaban J connectivity index is 1.45. The molecule has 3 aromatic rings. The summed E-state index contributed by atoms with van der Waals surface area (Å²) in [6.07, 6.45) is 7.70. The molecule has 1 aliphatic carbocycles. The fourth-order valence-electron chi connectivity index (χ4n) is 4.38. The Morgan fingerprint density at radius 3 is 2.80 bits per heavy atom. The molecular formula is C18H21N5O2. The molecule has 3 aromatic heterocycles. The minimum atomic E-state index is -0.515. The molecule has 2 N–H and O–H groups in total. The summed E-state index contributed by atoms with van der Waals surface area (Å²) in [5, 5.41) is 4.17. The predicted octanol–water partition coefficient (Wildman–Crippen LogP) is 2.44. The molecule has 4 heterocycles. The summed E-state index contributed by atoms with van der Waals surface area (Å²) in [5.74, 6) is 1.06. The molecule has 2 aliphatic rings. The van der Waals surface area contributed by atoms with Crippen LogP contribution in [0.3, 0.4) is 0 Å². The first-order valence-corrected chi connectivity index (χ1v) is 8.72. The van der Waals surface area contributed by atoms with Gasteiger partial charge in [-0.2, -0.15) is 4.98 Å². The summed E-state index contributed by atoms with van der Waals surface area (Å²) in [5.41, 5.74) is 9.17. The van der Waals surface area contributed by atoms with Gasteiger partial charge in [-0.15, -0.1) is 0 Å². The number of hydrogen-bond donors (Lipinski definition) is 1. The quantitative estimate of drug-likeness (QED) is 0.771. The first kappa shape index (κ1) is 15.0. The van der Waals surface area contributed by atoms with E-state index in [4.69, 9.17) is 15.0 Å². The van der Waals surface area contributed by atoms with Crippen molar-refractivity contribution in [1.29, 1.82) is 0 Å². The van der Waals surface area contributed by atoms with Crippen molar-refractivity contribution in [1.82, 2.24) is 19.5 Å². The summed E-state index contributed by atoms with van der Waals surface area (Å²) in [7, 11) is 0. The van der Waals surface area contributed by atoms with E-state index in [1.54, 1.807) is 6.20 Å². The molecule has 7 nitrogen and oxygen atoms in total. The van der Waals surface area contributed by atoms with Gasteiger partial charge < -0.3 is 15.0 Å². The van der Waals surface area contributed by atoms with Crippen LogP contribution in [0.25, 0.3) is 17.2 Å². The highest BCUT2D eigenvalue weighted by atomic mass is 16.5. The smallest absolute Gasteiger partial charge is 0.247 e. The predicted molar refractivity (Wildman–Crippen MR) is 90.8 cm³/mol. The van der Waals surface area contributed by atoms with E-state index in [1.165, 1.54) is 0 Å². The van der Waals surface area contributed by atoms with Gasteiger partial charge in [-0.1, -0.05) is 11.2 Å². The van der Waals surface area contributed by atoms with Crippen molar-refractivity contribution < 1.29 is 9.26 Å². The second kappa shape index (κ2) is 5.12. The van der Waals surface area contributed by atoms with Crippen molar-refractivity contribution in [3.05, 3.63) is 36.0 Å². The van der Waals surface area contributed by atoms with Crippen LogP contribution in [-0.2, 0) is 10.3 Å². The average molecular weight is 339 g/mol. The van der Waals surface area contributed by atoms with Gasteiger partial charge in [0, 0.05) is 19.4 Å². The topological polar surface area (TPSA) is 91.5 Å². The molecule has 0 radical (unpaired) electrons. The Morgan fingerprint density at radius 2 is 2.00 bits per heavy atom. The molecule has 1 spiro atoms. The highest BCUT2D eigenvalue weighted by Gasteiger charge is 2.56. The van der Waals surface area contributed by atoms with Crippen molar-refractivity contribution >= 4 is 5.65 Å². The van der Waals surface area contributed by atoms with E-state index >= 15 is 0 Å². The van der Waals surface area contributed by atoms with E-state index in [-0.39, 0.29) is 0 Å². The molecule has 0 amide bonds. The minimum absolute atomic E-state index is 0.294. The first-order chi connectivity index (χ1) is 12.1. The second-order valence-electron chi connectivity index (χ2n) is 7.62. The molecule has 5 rings (SSSR count). The zero-order chi connectivity index (χ0) is 17.1. The number of imidazole rings is 1. The van der Waals surface area contributed by atoms with Gasteiger partial charge in [0.15, 0.2) is 0 Å². The number of pyridine rings is 1. The van der Waals surface area contributed by atoms with E-state index in [2.05, 4.69) is 15.1 Å². The zero-order valence-corrected chi connectivity index (χ0v) is 14.2. The van der Waals surface area contributed by atoms with Crippen LogP contribution in [0.1, 0.15) is 37.1 Å². The van der Waals surface area contributed by atoms with Crippen LogP contribution in [0.2, 0.25) is 0 Å². The van der Waals surface area contributed by atoms with E-state index in [0.717, 1.165) is 55.8 Å². The number of nitrogens with zero attached hydrogens (tertiary/aromatic N) is 4. The lowest BCUT2D eigenvalue weighted by molar-refractivity contribution is -0.0811. The molecule has 0 atom stereocenters. The number of fused-ring (bicyclic) bond motifs is 1. The molecular weight excluding hydrogens is 318 g/mol.